The minimum atomic E-state index is -1.01. The highest BCUT2D eigenvalue weighted by molar-refractivity contribution is 5.73. The minimum Gasteiger partial charge on any atom is -0.480 e. The highest BCUT2D eigenvalue weighted by Crippen LogP contribution is 1.98. The molecule has 0 radical (unpaired) electrons. The SMILES string of the molecule is CC(C)N(CCO)CC(N)C(=O)O. The molecule has 0 fully saturated rings. The summed E-state index contributed by atoms with van der Waals surface area (Å²) in [7, 11) is 0. The number of carboxylic acid groups (broad SMARTS) is 1. The lowest BCUT2D eigenvalue weighted by Crippen LogP contribution is -2.46. The third-order valence-corrected chi connectivity index (χ3v) is 1.87. The lowest BCUT2D eigenvalue weighted by atomic mass is 10.2. The van der Waals surface area contributed by atoms with Crippen LogP contribution >= 0.6 is 0 Å². The van der Waals surface area contributed by atoms with Crippen LogP contribution in [0.4, 0.5) is 0 Å². The third-order valence-electron chi connectivity index (χ3n) is 1.87. The second kappa shape index (κ2) is 5.90. The molecule has 0 heterocycles. The van der Waals surface area contributed by atoms with Crippen LogP contribution in [-0.4, -0.2) is 52.9 Å². The van der Waals surface area contributed by atoms with E-state index < -0.39 is 12.0 Å². The molecule has 0 spiro atoms. The molecule has 5 nitrogen and oxygen atoms in total. The third kappa shape index (κ3) is 4.82. The number of aliphatic hydroxyl groups excluding tert-OH is 1. The van der Waals surface area contributed by atoms with E-state index in [1.165, 1.54) is 0 Å². The number of carbonyl (C=O) groups is 1. The van der Waals surface area contributed by atoms with E-state index in [-0.39, 0.29) is 19.2 Å². The van der Waals surface area contributed by atoms with Crippen molar-refractivity contribution in [1.82, 2.24) is 4.90 Å². The summed E-state index contributed by atoms with van der Waals surface area (Å²) in [5.41, 5.74) is 5.36. The monoisotopic (exact) mass is 190 g/mol. The van der Waals surface area contributed by atoms with Crippen LogP contribution in [0, 0.1) is 0 Å². The number of hydrogen-bond acceptors (Lipinski definition) is 4. The molecule has 0 bridgehead atoms. The van der Waals surface area contributed by atoms with Crippen molar-refractivity contribution in [2.24, 2.45) is 5.73 Å². The fourth-order valence-electron chi connectivity index (χ4n) is 1.02. The zero-order valence-corrected chi connectivity index (χ0v) is 8.10. The molecule has 1 unspecified atom stereocenters. The van der Waals surface area contributed by atoms with Gasteiger partial charge in [0.15, 0.2) is 0 Å². The van der Waals surface area contributed by atoms with Gasteiger partial charge in [-0.2, -0.15) is 0 Å². The molecule has 5 heteroatoms. The van der Waals surface area contributed by atoms with Crippen molar-refractivity contribution in [2.45, 2.75) is 25.9 Å². The van der Waals surface area contributed by atoms with E-state index in [9.17, 15) is 4.79 Å². The van der Waals surface area contributed by atoms with Gasteiger partial charge in [0.2, 0.25) is 0 Å². The number of carboxylic acids is 1. The van der Waals surface area contributed by atoms with E-state index in [4.69, 9.17) is 15.9 Å². The first-order chi connectivity index (χ1) is 5.99. The van der Waals surface area contributed by atoms with Gasteiger partial charge in [-0.3, -0.25) is 9.69 Å². The van der Waals surface area contributed by atoms with Crippen LogP contribution in [0.1, 0.15) is 13.8 Å². The molecule has 0 amide bonds. The quantitative estimate of drug-likeness (QED) is 0.505. The van der Waals surface area contributed by atoms with Gasteiger partial charge in [-0.1, -0.05) is 0 Å². The molecule has 0 rings (SSSR count). The lowest BCUT2D eigenvalue weighted by Gasteiger charge is -2.26. The summed E-state index contributed by atoms with van der Waals surface area (Å²) in [6, 6.07) is -0.688. The molecule has 13 heavy (non-hydrogen) atoms. The molecule has 0 aromatic carbocycles. The molecule has 0 saturated heterocycles. The van der Waals surface area contributed by atoms with E-state index in [1.807, 2.05) is 18.7 Å². The zero-order chi connectivity index (χ0) is 10.4. The van der Waals surface area contributed by atoms with Gasteiger partial charge in [0.1, 0.15) is 6.04 Å². The fourth-order valence-corrected chi connectivity index (χ4v) is 1.02. The minimum absolute atomic E-state index is 0.0184. The van der Waals surface area contributed by atoms with Gasteiger partial charge in [0.25, 0.3) is 0 Å². The van der Waals surface area contributed by atoms with Crippen molar-refractivity contribution in [3.63, 3.8) is 0 Å². The van der Waals surface area contributed by atoms with E-state index >= 15 is 0 Å². The predicted octanol–water partition coefficient (Wildman–Crippen LogP) is -0.899. The van der Waals surface area contributed by atoms with Crippen molar-refractivity contribution in [2.75, 3.05) is 19.7 Å². The Morgan fingerprint density at radius 3 is 2.38 bits per heavy atom. The molecule has 0 saturated carbocycles. The number of nitrogens with two attached hydrogens (primary N) is 1. The average Bonchev–Trinajstić information content (AvgIpc) is 2.03. The maximum Gasteiger partial charge on any atom is 0.321 e. The van der Waals surface area contributed by atoms with Crippen LogP contribution in [0.2, 0.25) is 0 Å². The Hall–Kier alpha value is -0.650. The van der Waals surface area contributed by atoms with Gasteiger partial charge in [0.05, 0.1) is 6.61 Å². The first-order valence-electron chi connectivity index (χ1n) is 4.32. The fraction of sp³-hybridized carbons (Fsp3) is 0.875. The van der Waals surface area contributed by atoms with Gasteiger partial charge in [0, 0.05) is 19.1 Å². The molecule has 1 atom stereocenters. The van der Waals surface area contributed by atoms with Gasteiger partial charge < -0.3 is 15.9 Å². The van der Waals surface area contributed by atoms with Crippen molar-refractivity contribution >= 4 is 5.97 Å². The van der Waals surface area contributed by atoms with Crippen LogP contribution in [0.3, 0.4) is 0 Å². The summed E-state index contributed by atoms with van der Waals surface area (Å²) >= 11 is 0. The molecule has 4 N–H and O–H groups in total. The van der Waals surface area contributed by atoms with Gasteiger partial charge in [-0.15, -0.1) is 0 Å². The molecule has 0 aliphatic carbocycles. The van der Waals surface area contributed by atoms with E-state index in [0.29, 0.717) is 6.54 Å². The van der Waals surface area contributed by atoms with E-state index in [1.54, 1.807) is 0 Å². The maximum absolute atomic E-state index is 10.4. The summed E-state index contributed by atoms with van der Waals surface area (Å²) < 4.78 is 0. The van der Waals surface area contributed by atoms with E-state index in [2.05, 4.69) is 0 Å². The number of rotatable bonds is 6. The number of aliphatic hydroxyl groups is 1. The maximum atomic E-state index is 10.4. The first kappa shape index (κ1) is 12.3. The van der Waals surface area contributed by atoms with Gasteiger partial charge in [-0.05, 0) is 13.8 Å². The normalized spacial score (nSPS) is 13.7. The second-order valence-corrected chi connectivity index (χ2v) is 3.26. The Labute approximate surface area is 78.1 Å². The number of nitrogens with zero attached hydrogens (tertiary/aromatic N) is 1. The van der Waals surface area contributed by atoms with Crippen LogP contribution in [-0.2, 0) is 4.79 Å². The zero-order valence-electron chi connectivity index (χ0n) is 8.10. The van der Waals surface area contributed by atoms with Crippen molar-refractivity contribution in [1.29, 1.82) is 0 Å². The van der Waals surface area contributed by atoms with Crippen LogP contribution in [0.5, 0.6) is 0 Å². The Bertz CT molecular complexity index is 161. The first-order valence-corrected chi connectivity index (χ1v) is 4.32. The van der Waals surface area contributed by atoms with Crippen LogP contribution in [0.25, 0.3) is 0 Å². The Kier molecular flexibility index (Phi) is 5.61. The van der Waals surface area contributed by atoms with E-state index in [0.717, 1.165) is 0 Å². The lowest BCUT2D eigenvalue weighted by molar-refractivity contribution is -0.139. The predicted molar refractivity (Wildman–Crippen MR) is 49.4 cm³/mol. The van der Waals surface area contributed by atoms with Gasteiger partial charge >= 0.3 is 5.97 Å². The molecule has 0 aliphatic rings. The van der Waals surface area contributed by atoms with Crippen LogP contribution < -0.4 is 5.73 Å². The Morgan fingerprint density at radius 1 is 1.54 bits per heavy atom. The van der Waals surface area contributed by atoms with Crippen molar-refractivity contribution in [3.05, 3.63) is 0 Å². The van der Waals surface area contributed by atoms with Crippen LogP contribution in [0.15, 0.2) is 0 Å². The summed E-state index contributed by atoms with van der Waals surface area (Å²) in [6.07, 6.45) is 0. The molecule has 78 valence electrons. The molecule has 0 aliphatic heterocycles. The number of hydrogen-bond donors (Lipinski definition) is 3. The highest BCUT2D eigenvalue weighted by Gasteiger charge is 2.17. The standard InChI is InChI=1S/C8H18N2O3/c1-6(2)10(3-4-11)5-7(9)8(12)13/h6-7,11H,3-5,9H2,1-2H3,(H,12,13). The molecule has 0 aromatic heterocycles. The highest BCUT2D eigenvalue weighted by atomic mass is 16.4. The number of aliphatic carboxylic acids is 1. The van der Waals surface area contributed by atoms with Gasteiger partial charge in [-0.25, -0.2) is 0 Å². The summed E-state index contributed by atoms with van der Waals surface area (Å²) in [5, 5.41) is 17.3. The second-order valence-electron chi connectivity index (χ2n) is 3.26. The largest absolute Gasteiger partial charge is 0.480 e. The summed E-state index contributed by atoms with van der Waals surface area (Å²) in [6.45, 7) is 4.62. The molecular weight excluding hydrogens is 172 g/mol. The summed E-state index contributed by atoms with van der Waals surface area (Å²) in [4.78, 5) is 12.3. The topological polar surface area (TPSA) is 86.8 Å². The molecule has 0 aromatic rings. The van der Waals surface area contributed by atoms with Crippen molar-refractivity contribution in [3.8, 4) is 0 Å². The Balaban J connectivity index is 4.01. The summed E-state index contributed by atoms with van der Waals surface area (Å²) in [5.74, 6) is -1.01. The molecular formula is C8H18N2O3. The van der Waals surface area contributed by atoms with Crippen molar-refractivity contribution < 1.29 is 15.0 Å². The Morgan fingerprint density at radius 2 is 2.08 bits per heavy atom. The average molecular weight is 190 g/mol. The smallest absolute Gasteiger partial charge is 0.321 e.